The second-order valence-corrected chi connectivity index (χ2v) is 39.9. The van der Waals surface area contributed by atoms with E-state index in [1.54, 1.807) is 131 Å². The van der Waals surface area contributed by atoms with E-state index in [1.165, 1.54) is 139 Å². The third kappa shape index (κ3) is 36.5. The summed E-state index contributed by atoms with van der Waals surface area (Å²) in [4.78, 5) is 95.5. The maximum absolute atomic E-state index is 12.1. The minimum atomic E-state index is -1.16. The van der Waals surface area contributed by atoms with Crippen molar-refractivity contribution in [2.45, 2.75) is 102 Å². The van der Waals surface area contributed by atoms with Crippen molar-refractivity contribution in [1.29, 1.82) is 0 Å². The summed E-state index contributed by atoms with van der Waals surface area (Å²) in [5.74, 6) is 0.506. The predicted molar refractivity (Wildman–Crippen MR) is 537 cm³/mol. The monoisotopic (exact) mass is 2200 g/mol. The Bertz CT molecular complexity index is 5220. The van der Waals surface area contributed by atoms with E-state index in [-0.39, 0.29) is 70.0 Å². The molecule has 11 N–H and O–H groups in total. The van der Waals surface area contributed by atoms with Crippen molar-refractivity contribution in [2.75, 3.05) is 188 Å². The Morgan fingerprint density at radius 3 is 0.814 bits per heavy atom. The molecule has 0 aliphatic carbocycles. The van der Waals surface area contributed by atoms with Gasteiger partial charge in [-0.2, -0.15) is 0 Å². The third-order valence-electron chi connectivity index (χ3n) is 19.8. The van der Waals surface area contributed by atoms with Gasteiger partial charge < -0.3 is 117 Å². The number of aromatic hydroxyl groups is 8. The number of carbonyl (C=O) groups excluding carboxylic acids is 3. The number of aliphatic carboxylic acids is 3. The van der Waals surface area contributed by atoms with Gasteiger partial charge in [0.2, 0.25) is 0 Å². The Morgan fingerprint density at radius 1 is 0.336 bits per heavy atom. The van der Waals surface area contributed by atoms with Gasteiger partial charge in [0, 0.05) is 108 Å². The molecule has 1 unspecified atom stereocenters. The number of hydrogen-bond donors (Lipinski definition) is 11. The minimum Gasteiger partial charge on any atom is -0.508 e. The summed E-state index contributed by atoms with van der Waals surface area (Å²) in [6.07, 6.45) is -0.189. The van der Waals surface area contributed by atoms with Gasteiger partial charge in [-0.3, -0.25) is 25.0 Å². The number of thioether (sulfide) groups is 6. The number of hydrogen-bond acceptors (Lipinski definition) is 42. The normalized spacial score (nSPS) is 20.3. The van der Waals surface area contributed by atoms with E-state index in [2.05, 4.69) is 36.8 Å². The van der Waals surface area contributed by atoms with Crippen LogP contribution in [0.3, 0.4) is 0 Å². The molecule has 0 aromatic heterocycles. The van der Waals surface area contributed by atoms with E-state index >= 15 is 0 Å². The van der Waals surface area contributed by atoms with E-state index in [4.69, 9.17) is 84.3 Å². The van der Waals surface area contributed by atoms with Crippen molar-refractivity contribution in [1.82, 2.24) is 0 Å². The summed E-state index contributed by atoms with van der Waals surface area (Å²) in [5.41, 5.74) is -3.08. The quantitative estimate of drug-likeness (QED) is 0.00737. The first-order valence-electron chi connectivity index (χ1n) is 43.4. The van der Waals surface area contributed by atoms with E-state index in [1.807, 2.05) is 0 Å². The van der Waals surface area contributed by atoms with Crippen LogP contribution in [0.5, 0.6) is 69.0 Å². The number of carbonyl (C=O) groups is 6. The number of phenolic OH excluding ortho intramolecular Hbond substituents is 8. The Kier molecular flexibility index (Phi) is 49.1. The van der Waals surface area contributed by atoms with Gasteiger partial charge in [0.25, 0.3) is 0 Å². The van der Waals surface area contributed by atoms with Crippen LogP contribution in [0.25, 0.3) is 0 Å². The fourth-order valence-corrected chi connectivity index (χ4v) is 20.3. The number of carboxylic acids is 3. The molecule has 0 amide bonds. The zero-order valence-electron chi connectivity index (χ0n) is 79.6. The first kappa shape index (κ1) is 118. The van der Waals surface area contributed by atoms with Crippen LogP contribution < -0.4 is 40.0 Å². The third-order valence-corrected chi connectivity index (χ3v) is 28.8. The summed E-state index contributed by atoms with van der Waals surface area (Å²) in [6.45, 7) is 26.5. The van der Waals surface area contributed by atoms with Crippen LogP contribution >= 0.6 is 77.5 Å². The number of rotatable bonds is 46. The summed E-state index contributed by atoms with van der Waals surface area (Å²) in [6, 6.07) is 28.2. The molecule has 6 aromatic rings. The van der Waals surface area contributed by atoms with Gasteiger partial charge >= 0.3 is 170 Å². The maximum atomic E-state index is 12.1. The van der Waals surface area contributed by atoms with Crippen molar-refractivity contribution in [2.24, 2.45) is 30.0 Å². The molecular weight excluding hydrogens is 2080 g/mol. The van der Waals surface area contributed by atoms with Gasteiger partial charge in [0.15, 0.2) is 27.7 Å². The van der Waals surface area contributed by atoms with Gasteiger partial charge in [-0.25, -0.2) is 24.0 Å². The minimum absolute atomic E-state index is 0.000787. The summed E-state index contributed by atoms with van der Waals surface area (Å²) in [5, 5.41) is 109. The molecule has 0 saturated carbocycles. The van der Waals surface area contributed by atoms with Crippen molar-refractivity contribution in [3.05, 3.63) is 143 Å². The zero-order valence-corrected chi connectivity index (χ0v) is 87.8. The summed E-state index contributed by atoms with van der Waals surface area (Å²) >= 11 is 7.47. The van der Waals surface area contributed by atoms with Crippen LogP contribution in [0, 0.1) is 0 Å². The molecule has 6 aliphatic rings. The van der Waals surface area contributed by atoms with Crippen LogP contribution in [0.4, 0.5) is 0 Å². The Balaban J connectivity index is 0.000000231. The molecule has 0 fully saturated rings. The van der Waals surface area contributed by atoms with Crippen LogP contribution in [0.15, 0.2) is 139 Å². The predicted octanol–water partition coefficient (Wildman–Crippen LogP) is 8.57. The molecule has 39 nitrogen and oxygen atoms in total. The first-order chi connectivity index (χ1) is 66.6. The molecule has 0 bridgehead atoms. The SMILES string of the molecule is CC(C)OC(=O)[C@@]1(C)CSC(c2ccc(O)cc2O)=N1.CCOC(=O)[C@@]1(C)CSC(c2ccc(OCCOCCOCCOC)cc2O)=N1.COCCOCCOCCOc1ccc(C2=N[C@@](C)(C(=O)O)CS2)c(O)c1.COCCOCCOCCOc1ccc(C2=N[C@@](C)(C(=O)O[I-]P)CS2)c(O)c1.COc1ccc(C2=N[C@@](C)(C(=O)O)CS2)c(O)c1.C[C@]1(C(=O)O)CSC(c2ccc(O)cc2O)=N1. The smallest absolute Gasteiger partial charge is 0.332 e. The average Bonchev–Trinajstić information content (AvgIpc) is 1.72. The number of ether oxygens (including phenoxy) is 15. The molecule has 6 aliphatic heterocycles. The Labute approximate surface area is 849 Å². The standard InChI is InChI=1S/C20H29NO7S.C18H26INO7PS.C18H25NO7S.C14H17NO4S.C12H13NO4S.C11H11NO4S/c1-4-27-19(23)20(2)14-29-18(21-20)16-6-5-15(13-17(16)22)28-12-11-26-10-9-25-8-7-24-3;1-18(17(22)27-19-28)12-29-16(20-18)14-4-3-13(11-15(14)21)26-10-9-25-8-7-24-6-5-23-2;1-18(17(21)22)12-27-16(19-18)14-4-3-13(11-15(14)20)26-10-9-25-8-7-24-6-5-23-2;1-8(2)19-13(18)14(3)7-20-12(15-14)10-5-4-9(16)6-11(10)17;1-12(11(15)16)6-18-10(13-12)8-4-3-7(17-2)5-9(8)14;1-11(10(15)16)5-17-9(12-11)7-3-2-6(13)4-8(7)14/h5-6,13,22H,4,7-12,14H2,1-3H3;3-4,11,21H,5-10,12,28H2,1-2H3;3-4,11,20H,5-10,12H2,1-2H3,(H,21,22);4-6,8,16-17H,7H2,1-3H3;3-5,14H,6H2,1-2H3,(H,15,16);2-4,13-14H,5H2,1H3,(H,15,16)/q;-1;;;;/t20-;2*18-;14-;12-;11-/m111111/s1. The second kappa shape index (κ2) is 58.4. The molecule has 770 valence electrons. The molecular formula is C93H121IN6O33PS6-. The molecule has 0 radical (unpaired) electrons. The molecule has 7 atom stereocenters. The Morgan fingerprint density at radius 2 is 0.571 bits per heavy atom. The van der Waals surface area contributed by atoms with Crippen molar-refractivity contribution >= 4 is 144 Å². The van der Waals surface area contributed by atoms with Crippen LogP contribution in [-0.2, 0) is 83.9 Å². The van der Waals surface area contributed by atoms with Crippen LogP contribution in [-0.4, -0.2) is 350 Å². The molecule has 6 heterocycles. The van der Waals surface area contributed by atoms with Gasteiger partial charge in [-0.15, -0.1) is 58.8 Å². The van der Waals surface area contributed by atoms with E-state index in [0.717, 1.165) is 0 Å². The summed E-state index contributed by atoms with van der Waals surface area (Å²) in [7, 11) is 6.39. The van der Waals surface area contributed by atoms with Crippen molar-refractivity contribution in [3.8, 4) is 69.0 Å². The number of halogens is 1. The van der Waals surface area contributed by atoms with Crippen LogP contribution in [0.2, 0.25) is 0 Å². The number of methoxy groups -OCH3 is 4. The Hall–Kier alpha value is -9.34. The largest absolute Gasteiger partial charge is 0.508 e. The van der Waals surface area contributed by atoms with E-state index < -0.39 is 72.2 Å². The summed E-state index contributed by atoms with van der Waals surface area (Å²) < 4.78 is 83.9. The zero-order chi connectivity index (χ0) is 103. The van der Waals surface area contributed by atoms with Crippen molar-refractivity contribution in [3.63, 3.8) is 0 Å². The number of nitrogens with zero attached hydrogens (tertiary/aromatic N) is 6. The number of carboxylic acid groups (broad SMARTS) is 3. The fraction of sp³-hybridized carbons (Fsp3) is 0.484. The second-order valence-electron chi connectivity index (χ2n) is 31.9. The van der Waals surface area contributed by atoms with Crippen LogP contribution in [0.1, 0.15) is 95.7 Å². The number of esters is 2. The maximum Gasteiger partial charge on any atom is 0.332 e. The molecule has 6 aromatic carbocycles. The molecule has 12 rings (SSSR count). The van der Waals surface area contributed by atoms with Gasteiger partial charge in [0.1, 0.15) is 95.9 Å². The molecule has 0 saturated heterocycles. The molecule has 47 heteroatoms. The van der Waals surface area contributed by atoms with Gasteiger partial charge in [0.05, 0.1) is 112 Å². The number of phenols is 8. The molecule has 140 heavy (non-hydrogen) atoms. The number of aliphatic imine (C=N–C) groups is 6. The fourth-order valence-electron chi connectivity index (χ4n) is 11.8. The topological polar surface area (TPSA) is 547 Å². The van der Waals surface area contributed by atoms with Gasteiger partial charge in [-0.1, -0.05) is 0 Å². The first-order valence-corrected chi connectivity index (χ1v) is 54.4. The van der Waals surface area contributed by atoms with E-state index in [9.17, 15) is 74.7 Å². The molecule has 0 spiro atoms. The number of benzene rings is 6. The van der Waals surface area contributed by atoms with Crippen molar-refractivity contribution < 1.29 is 180 Å². The average molecular weight is 2200 g/mol. The van der Waals surface area contributed by atoms with E-state index in [0.29, 0.717) is 247 Å². The van der Waals surface area contributed by atoms with Gasteiger partial charge in [-0.05, 0) is 116 Å².